The van der Waals surface area contributed by atoms with Crippen molar-refractivity contribution in [2.24, 2.45) is 5.92 Å². The van der Waals surface area contributed by atoms with Crippen LogP contribution in [0.25, 0.3) is 0 Å². The van der Waals surface area contributed by atoms with Crippen molar-refractivity contribution in [3.8, 4) is 0 Å². The Morgan fingerprint density at radius 2 is 2.41 bits per heavy atom. The van der Waals surface area contributed by atoms with Crippen molar-refractivity contribution < 1.29 is 14.5 Å². The molecule has 0 saturated heterocycles. The van der Waals surface area contributed by atoms with Crippen molar-refractivity contribution >= 4 is 23.4 Å². The number of nitrogens with zero attached hydrogens (tertiary/aromatic N) is 2. The van der Waals surface area contributed by atoms with Crippen LogP contribution in [-0.4, -0.2) is 28.7 Å². The number of carbonyl (C=O) groups excluding carboxylic acids is 1. The van der Waals surface area contributed by atoms with E-state index in [2.05, 4.69) is 9.72 Å². The zero-order valence-corrected chi connectivity index (χ0v) is 10.3. The Morgan fingerprint density at radius 3 is 3.00 bits per heavy atom. The van der Waals surface area contributed by atoms with Gasteiger partial charge in [-0.15, -0.1) is 11.8 Å². The molecule has 0 aliphatic carbocycles. The second-order valence-corrected chi connectivity index (χ2v) is 4.38. The van der Waals surface area contributed by atoms with Crippen LogP contribution in [0.3, 0.4) is 0 Å². The van der Waals surface area contributed by atoms with E-state index in [0.29, 0.717) is 10.8 Å². The number of ether oxygens (including phenoxy) is 1. The molecule has 17 heavy (non-hydrogen) atoms. The van der Waals surface area contributed by atoms with Crippen LogP contribution >= 0.6 is 11.8 Å². The molecule has 1 rings (SSSR count). The maximum Gasteiger partial charge on any atom is 0.309 e. The molecule has 7 heteroatoms. The van der Waals surface area contributed by atoms with Gasteiger partial charge >= 0.3 is 5.97 Å². The standard InChI is InChI=1S/C10H12N2O4S/c1-7(10(13)16-2)6-17-9-5-8(12(14)15)3-4-11-9/h3-5,7H,6H2,1-2H3. The lowest BCUT2D eigenvalue weighted by Crippen LogP contribution is -2.14. The largest absolute Gasteiger partial charge is 0.469 e. The van der Waals surface area contributed by atoms with Gasteiger partial charge in [0.1, 0.15) is 5.03 Å². The first kappa shape index (κ1) is 13.4. The predicted molar refractivity (Wildman–Crippen MR) is 62.8 cm³/mol. The van der Waals surface area contributed by atoms with Gasteiger partial charge in [-0.25, -0.2) is 4.98 Å². The number of pyridine rings is 1. The summed E-state index contributed by atoms with van der Waals surface area (Å²) in [7, 11) is 1.33. The van der Waals surface area contributed by atoms with Crippen LogP contribution < -0.4 is 0 Å². The van der Waals surface area contributed by atoms with Gasteiger partial charge in [0.05, 0.1) is 18.0 Å². The minimum absolute atomic E-state index is 0.00628. The average Bonchev–Trinajstić information content (AvgIpc) is 2.35. The Hall–Kier alpha value is -1.63. The summed E-state index contributed by atoms with van der Waals surface area (Å²) in [6, 6.07) is 2.71. The third-order valence-corrected chi connectivity index (χ3v) is 3.20. The van der Waals surface area contributed by atoms with Gasteiger partial charge in [0.15, 0.2) is 0 Å². The second kappa shape index (κ2) is 6.19. The molecule has 0 amide bonds. The summed E-state index contributed by atoms with van der Waals surface area (Å²) in [5, 5.41) is 11.1. The topological polar surface area (TPSA) is 82.3 Å². The number of carbonyl (C=O) groups is 1. The molecule has 0 spiro atoms. The highest BCUT2D eigenvalue weighted by Crippen LogP contribution is 2.22. The molecule has 1 aromatic rings. The number of hydrogen-bond donors (Lipinski definition) is 0. The lowest BCUT2D eigenvalue weighted by Gasteiger charge is -2.07. The lowest BCUT2D eigenvalue weighted by molar-refractivity contribution is -0.385. The van der Waals surface area contributed by atoms with Gasteiger partial charge in [-0.05, 0) is 0 Å². The molecule has 0 radical (unpaired) electrons. The van der Waals surface area contributed by atoms with E-state index in [1.165, 1.54) is 37.2 Å². The summed E-state index contributed by atoms with van der Waals surface area (Å²) < 4.78 is 4.58. The minimum Gasteiger partial charge on any atom is -0.469 e. The highest BCUT2D eigenvalue weighted by Gasteiger charge is 2.14. The molecule has 1 atom stereocenters. The third-order valence-electron chi connectivity index (χ3n) is 2.01. The van der Waals surface area contributed by atoms with Crippen molar-refractivity contribution in [3.05, 3.63) is 28.4 Å². The molecule has 0 fully saturated rings. The number of aromatic nitrogens is 1. The van der Waals surface area contributed by atoms with Crippen LogP contribution in [0.15, 0.2) is 23.4 Å². The Bertz CT molecular complexity index is 425. The van der Waals surface area contributed by atoms with Crippen molar-refractivity contribution in [3.63, 3.8) is 0 Å². The van der Waals surface area contributed by atoms with Crippen molar-refractivity contribution in [2.75, 3.05) is 12.9 Å². The third kappa shape index (κ3) is 4.03. The summed E-state index contributed by atoms with van der Waals surface area (Å²) in [6.45, 7) is 1.73. The number of methoxy groups -OCH3 is 1. The van der Waals surface area contributed by atoms with Crippen LogP contribution in [0.1, 0.15) is 6.92 Å². The van der Waals surface area contributed by atoms with Crippen LogP contribution in [0.4, 0.5) is 5.69 Å². The zero-order valence-electron chi connectivity index (χ0n) is 9.45. The summed E-state index contributed by atoms with van der Waals surface area (Å²) in [5.41, 5.74) is -0.00628. The highest BCUT2D eigenvalue weighted by molar-refractivity contribution is 7.99. The van der Waals surface area contributed by atoms with E-state index in [9.17, 15) is 14.9 Å². The molecule has 6 nitrogen and oxygen atoms in total. The fourth-order valence-electron chi connectivity index (χ4n) is 1.07. The number of nitro groups is 1. The lowest BCUT2D eigenvalue weighted by atomic mass is 10.2. The maximum atomic E-state index is 11.1. The Balaban J connectivity index is 2.60. The van der Waals surface area contributed by atoms with Gasteiger partial charge < -0.3 is 4.74 Å². The molecule has 0 bridgehead atoms. The Morgan fingerprint density at radius 1 is 1.71 bits per heavy atom. The maximum absolute atomic E-state index is 11.1. The van der Waals surface area contributed by atoms with E-state index >= 15 is 0 Å². The van der Waals surface area contributed by atoms with Crippen molar-refractivity contribution in [1.82, 2.24) is 4.98 Å². The summed E-state index contributed by atoms with van der Waals surface area (Å²) in [4.78, 5) is 25.2. The first-order valence-corrected chi connectivity index (χ1v) is 5.84. The molecule has 1 aromatic heterocycles. The number of esters is 1. The molecule has 0 saturated carbocycles. The summed E-state index contributed by atoms with van der Waals surface area (Å²) in [5.74, 6) is -0.102. The number of rotatable bonds is 5. The average molecular weight is 256 g/mol. The van der Waals surface area contributed by atoms with Gasteiger partial charge in [0.25, 0.3) is 5.69 Å². The first-order valence-electron chi connectivity index (χ1n) is 4.85. The summed E-state index contributed by atoms with van der Waals surface area (Å²) in [6.07, 6.45) is 1.38. The van der Waals surface area contributed by atoms with Gasteiger partial charge in [-0.1, -0.05) is 6.92 Å². The van der Waals surface area contributed by atoms with Gasteiger partial charge in [0, 0.05) is 24.1 Å². The molecular formula is C10H12N2O4S. The fraction of sp³-hybridized carbons (Fsp3) is 0.400. The molecule has 0 aliphatic rings. The Kier molecular flexibility index (Phi) is 4.89. The molecule has 92 valence electrons. The van der Waals surface area contributed by atoms with Crippen LogP contribution in [-0.2, 0) is 9.53 Å². The van der Waals surface area contributed by atoms with E-state index in [-0.39, 0.29) is 17.6 Å². The van der Waals surface area contributed by atoms with E-state index in [0.717, 1.165) is 0 Å². The number of thioether (sulfide) groups is 1. The normalized spacial score (nSPS) is 11.9. The van der Waals surface area contributed by atoms with Gasteiger partial charge in [-0.2, -0.15) is 0 Å². The molecule has 1 unspecified atom stereocenters. The van der Waals surface area contributed by atoms with Gasteiger partial charge in [-0.3, -0.25) is 14.9 Å². The molecule has 0 aliphatic heterocycles. The van der Waals surface area contributed by atoms with Crippen LogP contribution in [0.2, 0.25) is 0 Å². The quantitative estimate of drug-likeness (QED) is 0.346. The monoisotopic (exact) mass is 256 g/mol. The molecule has 0 N–H and O–H groups in total. The fourth-order valence-corrected chi connectivity index (χ4v) is 1.97. The smallest absolute Gasteiger partial charge is 0.309 e. The number of hydrogen-bond acceptors (Lipinski definition) is 6. The van der Waals surface area contributed by atoms with E-state index in [4.69, 9.17) is 0 Å². The SMILES string of the molecule is COC(=O)C(C)CSc1cc([N+](=O)[O-])ccn1. The van der Waals surface area contributed by atoms with Crippen LogP contribution in [0, 0.1) is 16.0 Å². The molecular weight excluding hydrogens is 244 g/mol. The molecule has 0 aromatic carbocycles. The van der Waals surface area contributed by atoms with E-state index < -0.39 is 4.92 Å². The Labute approximate surface area is 103 Å². The van der Waals surface area contributed by atoms with E-state index in [1.807, 2.05) is 0 Å². The van der Waals surface area contributed by atoms with Crippen molar-refractivity contribution in [1.29, 1.82) is 0 Å². The minimum atomic E-state index is -0.477. The van der Waals surface area contributed by atoms with Gasteiger partial charge in [0.2, 0.25) is 0 Å². The molecule has 1 heterocycles. The zero-order chi connectivity index (χ0) is 12.8. The van der Waals surface area contributed by atoms with Crippen LogP contribution in [0.5, 0.6) is 0 Å². The predicted octanol–water partition coefficient (Wildman–Crippen LogP) is 1.89. The van der Waals surface area contributed by atoms with E-state index in [1.54, 1.807) is 6.92 Å². The first-order chi connectivity index (χ1) is 8.04. The highest BCUT2D eigenvalue weighted by atomic mass is 32.2. The second-order valence-electron chi connectivity index (χ2n) is 3.34. The van der Waals surface area contributed by atoms with Crippen molar-refractivity contribution in [2.45, 2.75) is 11.9 Å². The summed E-state index contributed by atoms with van der Waals surface area (Å²) >= 11 is 1.29.